The van der Waals surface area contributed by atoms with Crippen LogP contribution >= 0.6 is 11.6 Å². The Hall–Kier alpha value is -1.22. The van der Waals surface area contributed by atoms with Gasteiger partial charge in [-0.3, -0.25) is 4.79 Å². The van der Waals surface area contributed by atoms with Crippen molar-refractivity contribution in [2.45, 2.75) is 51.9 Å². The average molecular weight is 299 g/mol. The van der Waals surface area contributed by atoms with Crippen LogP contribution in [0, 0.1) is 0 Å². The topological polar surface area (TPSA) is 46.5 Å². The molecule has 20 heavy (non-hydrogen) atoms. The molecule has 0 aliphatic rings. The molecular weight excluding hydrogens is 276 g/mol. The maximum absolute atomic E-state index is 10.6. The van der Waals surface area contributed by atoms with Crippen LogP contribution in [0.25, 0.3) is 0 Å². The van der Waals surface area contributed by atoms with Gasteiger partial charge in [0.1, 0.15) is 5.75 Å². The molecule has 0 aliphatic heterocycles. The number of aliphatic carboxylic acids is 1. The van der Waals surface area contributed by atoms with Crippen LogP contribution in [-0.4, -0.2) is 17.7 Å². The van der Waals surface area contributed by atoms with E-state index >= 15 is 0 Å². The van der Waals surface area contributed by atoms with Gasteiger partial charge >= 0.3 is 5.97 Å². The zero-order valence-electron chi connectivity index (χ0n) is 12.0. The first-order valence-electron chi connectivity index (χ1n) is 7.26. The Bertz CT molecular complexity index is 418. The van der Waals surface area contributed by atoms with Crippen LogP contribution in [0.4, 0.5) is 0 Å². The average Bonchev–Trinajstić information content (AvgIpc) is 2.39. The van der Waals surface area contributed by atoms with Gasteiger partial charge in [0.2, 0.25) is 0 Å². The van der Waals surface area contributed by atoms with Crippen molar-refractivity contribution < 1.29 is 14.6 Å². The Morgan fingerprint density at radius 2 is 1.90 bits per heavy atom. The predicted molar refractivity (Wildman–Crippen MR) is 81.7 cm³/mol. The third-order valence-electron chi connectivity index (χ3n) is 3.11. The van der Waals surface area contributed by atoms with Crippen LogP contribution in [-0.2, 0) is 11.2 Å². The van der Waals surface area contributed by atoms with E-state index in [4.69, 9.17) is 21.4 Å². The standard InChI is InChI=1S/C16H23ClO3/c1-2-3-4-5-6-7-10-20-15-9-8-13(11-14(15)17)12-16(18)19/h8-9,11H,2-7,10,12H2,1H3,(H,18,19). The first-order valence-corrected chi connectivity index (χ1v) is 7.64. The summed E-state index contributed by atoms with van der Waals surface area (Å²) in [6.45, 7) is 2.86. The predicted octanol–water partition coefficient (Wildman–Crippen LogP) is 4.71. The number of ether oxygens (including phenoxy) is 1. The maximum atomic E-state index is 10.6. The molecule has 0 radical (unpaired) electrons. The number of hydrogen-bond donors (Lipinski definition) is 1. The van der Waals surface area contributed by atoms with E-state index < -0.39 is 5.97 Å². The van der Waals surface area contributed by atoms with Gasteiger partial charge in [0.05, 0.1) is 18.1 Å². The summed E-state index contributed by atoms with van der Waals surface area (Å²) in [5.41, 5.74) is 0.689. The highest BCUT2D eigenvalue weighted by Gasteiger charge is 2.06. The van der Waals surface area contributed by atoms with E-state index in [0.717, 1.165) is 6.42 Å². The molecule has 0 spiro atoms. The minimum absolute atomic E-state index is 0.0164. The van der Waals surface area contributed by atoms with E-state index in [1.807, 2.05) is 0 Å². The minimum Gasteiger partial charge on any atom is -0.492 e. The Morgan fingerprint density at radius 3 is 2.55 bits per heavy atom. The molecule has 3 nitrogen and oxygen atoms in total. The SMILES string of the molecule is CCCCCCCCOc1ccc(CC(=O)O)cc1Cl. The van der Waals surface area contributed by atoms with Crippen LogP contribution in [0.1, 0.15) is 51.0 Å². The molecule has 1 N–H and O–H groups in total. The molecule has 0 saturated heterocycles. The van der Waals surface area contributed by atoms with Gasteiger partial charge in [-0.1, -0.05) is 56.7 Å². The third-order valence-corrected chi connectivity index (χ3v) is 3.40. The Kier molecular flexibility index (Phi) is 8.12. The van der Waals surface area contributed by atoms with Gasteiger partial charge in [-0.05, 0) is 24.1 Å². The Labute approximate surface area is 125 Å². The van der Waals surface area contributed by atoms with Crippen LogP contribution in [0.5, 0.6) is 5.75 Å². The number of rotatable bonds is 10. The quantitative estimate of drug-likeness (QED) is 0.636. The van der Waals surface area contributed by atoms with E-state index in [-0.39, 0.29) is 6.42 Å². The molecular formula is C16H23ClO3. The van der Waals surface area contributed by atoms with Crippen LogP contribution in [0.2, 0.25) is 5.02 Å². The van der Waals surface area contributed by atoms with E-state index in [1.165, 1.54) is 32.1 Å². The summed E-state index contributed by atoms with van der Waals surface area (Å²) in [7, 11) is 0. The Morgan fingerprint density at radius 1 is 1.20 bits per heavy atom. The smallest absolute Gasteiger partial charge is 0.307 e. The van der Waals surface area contributed by atoms with Gasteiger partial charge in [0.25, 0.3) is 0 Å². The molecule has 0 aliphatic carbocycles. The first-order chi connectivity index (χ1) is 9.63. The summed E-state index contributed by atoms with van der Waals surface area (Å²) in [5, 5.41) is 9.20. The number of hydrogen-bond acceptors (Lipinski definition) is 2. The maximum Gasteiger partial charge on any atom is 0.307 e. The van der Waals surface area contributed by atoms with Crippen molar-refractivity contribution >= 4 is 17.6 Å². The molecule has 0 heterocycles. The highest BCUT2D eigenvalue weighted by atomic mass is 35.5. The first kappa shape index (κ1) is 16.8. The largest absolute Gasteiger partial charge is 0.492 e. The second-order valence-electron chi connectivity index (χ2n) is 4.95. The molecule has 112 valence electrons. The van der Waals surface area contributed by atoms with Gasteiger partial charge < -0.3 is 9.84 Å². The van der Waals surface area contributed by atoms with Gasteiger partial charge in [0.15, 0.2) is 0 Å². The summed E-state index contributed by atoms with van der Waals surface area (Å²) in [6, 6.07) is 5.15. The summed E-state index contributed by atoms with van der Waals surface area (Å²) in [4.78, 5) is 10.6. The van der Waals surface area contributed by atoms with Gasteiger partial charge in [-0.2, -0.15) is 0 Å². The number of benzene rings is 1. The lowest BCUT2D eigenvalue weighted by molar-refractivity contribution is -0.136. The monoisotopic (exact) mass is 298 g/mol. The van der Waals surface area contributed by atoms with Crippen LogP contribution in [0.15, 0.2) is 18.2 Å². The van der Waals surface area contributed by atoms with E-state index in [2.05, 4.69) is 6.92 Å². The zero-order valence-corrected chi connectivity index (χ0v) is 12.8. The summed E-state index contributed by atoms with van der Waals surface area (Å²) < 4.78 is 5.62. The fourth-order valence-corrected chi connectivity index (χ4v) is 2.27. The van der Waals surface area contributed by atoms with Crippen molar-refractivity contribution in [3.63, 3.8) is 0 Å². The number of carboxylic acid groups (broad SMARTS) is 1. The van der Waals surface area contributed by atoms with Crippen molar-refractivity contribution in [1.82, 2.24) is 0 Å². The van der Waals surface area contributed by atoms with E-state index in [1.54, 1.807) is 18.2 Å². The van der Waals surface area contributed by atoms with Crippen molar-refractivity contribution in [2.75, 3.05) is 6.61 Å². The third kappa shape index (κ3) is 6.80. The molecule has 0 aromatic heterocycles. The molecule has 0 bridgehead atoms. The van der Waals surface area contributed by atoms with Crippen LogP contribution < -0.4 is 4.74 Å². The molecule has 0 amide bonds. The fraction of sp³-hybridized carbons (Fsp3) is 0.562. The molecule has 1 rings (SSSR count). The van der Waals surface area contributed by atoms with Gasteiger partial charge in [0, 0.05) is 0 Å². The van der Waals surface area contributed by atoms with Gasteiger partial charge in [-0.15, -0.1) is 0 Å². The lowest BCUT2D eigenvalue weighted by Gasteiger charge is -2.09. The van der Waals surface area contributed by atoms with Crippen molar-refractivity contribution in [3.05, 3.63) is 28.8 Å². The summed E-state index contributed by atoms with van der Waals surface area (Å²) in [5.74, 6) is -0.226. The van der Waals surface area contributed by atoms with E-state index in [9.17, 15) is 4.79 Å². The number of unbranched alkanes of at least 4 members (excludes halogenated alkanes) is 5. The lowest BCUT2D eigenvalue weighted by atomic mass is 10.1. The molecule has 0 saturated carbocycles. The molecule has 1 aromatic rings. The summed E-state index contributed by atoms with van der Waals surface area (Å²) in [6.07, 6.45) is 7.29. The minimum atomic E-state index is -0.859. The fourth-order valence-electron chi connectivity index (χ4n) is 2.01. The molecule has 0 atom stereocenters. The summed E-state index contributed by atoms with van der Waals surface area (Å²) >= 11 is 6.08. The van der Waals surface area contributed by atoms with Crippen molar-refractivity contribution in [1.29, 1.82) is 0 Å². The highest BCUT2D eigenvalue weighted by Crippen LogP contribution is 2.26. The van der Waals surface area contributed by atoms with Crippen molar-refractivity contribution in [2.24, 2.45) is 0 Å². The number of carbonyl (C=O) groups is 1. The normalized spacial score (nSPS) is 10.5. The van der Waals surface area contributed by atoms with Crippen molar-refractivity contribution in [3.8, 4) is 5.75 Å². The van der Waals surface area contributed by atoms with E-state index in [0.29, 0.717) is 22.9 Å². The van der Waals surface area contributed by atoms with Gasteiger partial charge in [-0.25, -0.2) is 0 Å². The zero-order chi connectivity index (χ0) is 14.8. The lowest BCUT2D eigenvalue weighted by Crippen LogP contribution is -2.01. The van der Waals surface area contributed by atoms with Crippen LogP contribution in [0.3, 0.4) is 0 Å². The highest BCUT2D eigenvalue weighted by molar-refractivity contribution is 6.32. The molecule has 4 heteroatoms. The second-order valence-corrected chi connectivity index (χ2v) is 5.36. The molecule has 0 unspecified atom stereocenters. The molecule has 1 aromatic carbocycles. The number of carboxylic acids is 1. The Balaban J connectivity index is 2.28. The second kappa shape index (κ2) is 9.65. The molecule has 0 fully saturated rings. The number of halogens is 1.